The van der Waals surface area contributed by atoms with Crippen LogP contribution in [0.1, 0.15) is 31.2 Å². The number of para-hydroxylation sites is 1. The van der Waals surface area contributed by atoms with Gasteiger partial charge < -0.3 is 0 Å². The Balaban J connectivity index is 1.78. The topological polar surface area (TPSA) is 66.5 Å². The highest BCUT2D eigenvalue weighted by molar-refractivity contribution is 7.91. The second-order valence-corrected chi connectivity index (χ2v) is 8.06. The zero-order valence-corrected chi connectivity index (χ0v) is 14.2. The molecule has 2 unspecified atom stereocenters. The summed E-state index contributed by atoms with van der Waals surface area (Å²) in [5.74, 6) is -4.21. The van der Waals surface area contributed by atoms with E-state index in [4.69, 9.17) is 0 Å². The van der Waals surface area contributed by atoms with Crippen molar-refractivity contribution in [2.24, 2.45) is 11.8 Å². The quantitative estimate of drug-likeness (QED) is 0.882. The first kappa shape index (κ1) is 18.0. The maximum absolute atomic E-state index is 13.1. The summed E-state index contributed by atoms with van der Waals surface area (Å²) in [4.78, 5) is 12.3. The third-order valence-corrected chi connectivity index (χ3v) is 6.31. The molecule has 9 heteroatoms. The Morgan fingerprint density at radius 3 is 2.56 bits per heavy atom. The van der Waals surface area contributed by atoms with Crippen LogP contribution in [0.3, 0.4) is 0 Å². The van der Waals surface area contributed by atoms with Crippen LogP contribution >= 0.6 is 0 Å². The number of carbonyl (C=O) groups is 1. The minimum absolute atomic E-state index is 0.0438. The van der Waals surface area contributed by atoms with Crippen LogP contribution < -0.4 is 9.03 Å². The molecule has 1 aliphatic carbocycles. The van der Waals surface area contributed by atoms with Crippen molar-refractivity contribution < 1.29 is 26.4 Å². The van der Waals surface area contributed by atoms with E-state index in [0.29, 0.717) is 24.9 Å². The number of halogens is 3. The second-order valence-electron chi connectivity index (χ2n) is 6.46. The van der Waals surface area contributed by atoms with Gasteiger partial charge in [-0.3, -0.25) is 9.10 Å². The summed E-state index contributed by atoms with van der Waals surface area (Å²) in [6.07, 6.45) is -3.24. The summed E-state index contributed by atoms with van der Waals surface area (Å²) in [7, 11) is -4.22. The predicted octanol–water partition coefficient (Wildman–Crippen LogP) is 2.78. The first-order valence-electron chi connectivity index (χ1n) is 8.19. The summed E-state index contributed by atoms with van der Waals surface area (Å²) >= 11 is 0. The summed E-state index contributed by atoms with van der Waals surface area (Å²) in [6.45, 7) is 0.162. The summed E-state index contributed by atoms with van der Waals surface area (Å²) in [5.41, 5.74) is 1.28. The normalized spacial score (nSPS) is 24.0. The Labute approximate surface area is 144 Å². The molecular formula is C16H19F3N2O3S. The summed E-state index contributed by atoms with van der Waals surface area (Å²) in [5, 5.41) is 0. The fourth-order valence-electron chi connectivity index (χ4n) is 3.65. The highest BCUT2D eigenvalue weighted by Gasteiger charge is 2.49. The largest absolute Gasteiger partial charge is 0.392 e. The van der Waals surface area contributed by atoms with Gasteiger partial charge in [0.25, 0.3) is 0 Å². The second kappa shape index (κ2) is 6.51. The SMILES string of the molecule is O=C(NS(=O)(=O)N1CCc2ccccc21)C1CCCCC1C(F)(F)F. The predicted molar refractivity (Wildman–Crippen MR) is 86.1 cm³/mol. The van der Waals surface area contributed by atoms with Gasteiger partial charge in [-0.2, -0.15) is 21.6 Å². The standard InChI is InChI=1S/C16H19F3N2O3S/c17-16(18,19)13-7-3-2-6-12(13)15(22)20-25(23,24)21-10-9-11-5-1-4-8-14(11)21/h1,4-5,8,12-13H,2-3,6-7,9-10H2,(H,20,22). The Bertz CT molecular complexity index is 764. The lowest BCUT2D eigenvalue weighted by Crippen LogP contribution is -2.48. The Hall–Kier alpha value is -1.77. The van der Waals surface area contributed by atoms with E-state index in [0.717, 1.165) is 9.87 Å². The molecule has 138 valence electrons. The molecule has 0 aromatic heterocycles. The fraction of sp³-hybridized carbons (Fsp3) is 0.562. The number of nitrogens with zero attached hydrogens (tertiary/aromatic N) is 1. The van der Waals surface area contributed by atoms with Gasteiger partial charge in [0.05, 0.1) is 17.5 Å². The molecule has 1 N–H and O–H groups in total. The molecule has 0 spiro atoms. The molecule has 0 saturated heterocycles. The van der Waals surface area contributed by atoms with Crippen molar-refractivity contribution in [2.75, 3.05) is 10.8 Å². The number of nitrogens with one attached hydrogen (secondary N) is 1. The highest BCUT2D eigenvalue weighted by Crippen LogP contribution is 2.41. The first-order chi connectivity index (χ1) is 11.7. The number of amides is 1. The van der Waals surface area contributed by atoms with Gasteiger partial charge in [0, 0.05) is 6.54 Å². The minimum Gasteiger partial charge on any atom is -0.274 e. The smallest absolute Gasteiger partial charge is 0.274 e. The van der Waals surface area contributed by atoms with E-state index in [-0.39, 0.29) is 19.4 Å². The van der Waals surface area contributed by atoms with Gasteiger partial charge in [0.1, 0.15) is 0 Å². The number of rotatable bonds is 3. The molecule has 3 rings (SSSR count). The van der Waals surface area contributed by atoms with Crippen LogP contribution in [0.5, 0.6) is 0 Å². The van der Waals surface area contributed by atoms with Crippen LogP contribution in [0.25, 0.3) is 0 Å². The molecule has 25 heavy (non-hydrogen) atoms. The highest BCUT2D eigenvalue weighted by atomic mass is 32.2. The zero-order chi connectivity index (χ0) is 18.2. The molecule has 1 saturated carbocycles. The van der Waals surface area contributed by atoms with Crippen molar-refractivity contribution >= 4 is 21.8 Å². The molecule has 1 fully saturated rings. The van der Waals surface area contributed by atoms with Gasteiger partial charge in [-0.1, -0.05) is 31.0 Å². The van der Waals surface area contributed by atoms with Gasteiger partial charge in [-0.25, -0.2) is 4.72 Å². The number of carbonyl (C=O) groups excluding carboxylic acids is 1. The van der Waals surface area contributed by atoms with Crippen LogP contribution in [0, 0.1) is 11.8 Å². The molecule has 1 aromatic carbocycles. The molecular weight excluding hydrogens is 357 g/mol. The molecule has 5 nitrogen and oxygen atoms in total. The third kappa shape index (κ3) is 3.61. The molecule has 1 heterocycles. The maximum Gasteiger partial charge on any atom is 0.392 e. The average molecular weight is 376 g/mol. The van der Waals surface area contributed by atoms with Crippen LogP contribution in [-0.2, 0) is 21.4 Å². The summed E-state index contributed by atoms with van der Waals surface area (Å²) in [6, 6.07) is 6.86. The zero-order valence-electron chi connectivity index (χ0n) is 13.4. The van der Waals surface area contributed by atoms with E-state index in [2.05, 4.69) is 0 Å². The van der Waals surface area contributed by atoms with E-state index in [9.17, 15) is 26.4 Å². The fourth-order valence-corrected chi connectivity index (χ4v) is 4.94. The molecule has 1 amide bonds. The van der Waals surface area contributed by atoms with Gasteiger partial charge in [-0.05, 0) is 30.9 Å². The molecule has 0 bridgehead atoms. The minimum atomic E-state index is -4.51. The number of alkyl halides is 3. The van der Waals surface area contributed by atoms with E-state index in [1.54, 1.807) is 24.3 Å². The molecule has 2 atom stereocenters. The van der Waals surface area contributed by atoms with Gasteiger partial charge >= 0.3 is 16.4 Å². The van der Waals surface area contributed by atoms with E-state index < -0.39 is 34.1 Å². The Kier molecular flexibility index (Phi) is 4.70. The third-order valence-electron chi connectivity index (χ3n) is 4.89. The number of hydrogen-bond donors (Lipinski definition) is 1. The lowest BCUT2D eigenvalue weighted by atomic mass is 9.78. The average Bonchev–Trinajstić information content (AvgIpc) is 2.98. The number of fused-ring (bicyclic) bond motifs is 1. The van der Waals surface area contributed by atoms with Crippen molar-refractivity contribution in [1.82, 2.24) is 4.72 Å². The van der Waals surface area contributed by atoms with Crippen molar-refractivity contribution in [3.8, 4) is 0 Å². The van der Waals surface area contributed by atoms with Gasteiger partial charge in [0.15, 0.2) is 0 Å². The monoisotopic (exact) mass is 376 g/mol. The first-order valence-corrected chi connectivity index (χ1v) is 9.63. The van der Waals surface area contributed by atoms with Crippen LogP contribution in [0.4, 0.5) is 18.9 Å². The van der Waals surface area contributed by atoms with Crippen molar-refractivity contribution in [3.05, 3.63) is 29.8 Å². The van der Waals surface area contributed by atoms with Crippen LogP contribution in [0.2, 0.25) is 0 Å². The summed E-state index contributed by atoms with van der Waals surface area (Å²) < 4.78 is 67.4. The number of hydrogen-bond acceptors (Lipinski definition) is 3. The van der Waals surface area contributed by atoms with Crippen molar-refractivity contribution in [3.63, 3.8) is 0 Å². The van der Waals surface area contributed by atoms with Gasteiger partial charge in [0.2, 0.25) is 5.91 Å². The van der Waals surface area contributed by atoms with Crippen LogP contribution in [-0.4, -0.2) is 27.0 Å². The molecule has 0 radical (unpaired) electrons. The Morgan fingerprint density at radius 1 is 1.16 bits per heavy atom. The number of benzene rings is 1. The lowest BCUT2D eigenvalue weighted by Gasteiger charge is -2.32. The number of anilines is 1. The Morgan fingerprint density at radius 2 is 1.84 bits per heavy atom. The maximum atomic E-state index is 13.1. The van der Waals surface area contributed by atoms with Crippen molar-refractivity contribution in [1.29, 1.82) is 0 Å². The van der Waals surface area contributed by atoms with E-state index in [1.165, 1.54) is 0 Å². The molecule has 1 aromatic rings. The van der Waals surface area contributed by atoms with Crippen LogP contribution in [0.15, 0.2) is 24.3 Å². The van der Waals surface area contributed by atoms with E-state index in [1.807, 2.05) is 4.72 Å². The van der Waals surface area contributed by atoms with Gasteiger partial charge in [-0.15, -0.1) is 0 Å². The van der Waals surface area contributed by atoms with Crippen molar-refractivity contribution in [2.45, 2.75) is 38.3 Å². The molecule has 2 aliphatic rings. The molecule has 1 aliphatic heterocycles. The van der Waals surface area contributed by atoms with E-state index >= 15 is 0 Å². The lowest BCUT2D eigenvalue weighted by molar-refractivity contribution is -0.197.